The molecule has 0 bridgehead atoms. The number of amides is 1. The van der Waals surface area contributed by atoms with Gasteiger partial charge in [0.25, 0.3) is 5.91 Å². The van der Waals surface area contributed by atoms with Crippen LogP contribution in [0.1, 0.15) is 19.4 Å². The molecule has 18 heavy (non-hydrogen) atoms. The molecular weight excluding hydrogens is 230 g/mol. The van der Waals surface area contributed by atoms with Crippen molar-refractivity contribution in [3.8, 4) is 12.3 Å². The lowest BCUT2D eigenvalue weighted by Crippen LogP contribution is -2.16. The number of hydrogen-bond acceptors (Lipinski definition) is 2. The number of carboxylic acid groups (broad SMARTS) is 1. The standard InChI is InChI=1S/C14H13NO3/c1-4-11-6-5-7-12(8-11)15-13(16)9(2)10(3)14(17)18/h1,5-8H,2-3H3,(H,15,16)(H,17,18). The summed E-state index contributed by atoms with van der Waals surface area (Å²) in [5, 5.41) is 11.4. The van der Waals surface area contributed by atoms with E-state index in [0.29, 0.717) is 11.3 Å². The number of carbonyl (C=O) groups is 2. The van der Waals surface area contributed by atoms with Gasteiger partial charge in [0.1, 0.15) is 0 Å². The van der Waals surface area contributed by atoms with Crippen molar-refractivity contribution >= 4 is 17.6 Å². The maximum absolute atomic E-state index is 11.8. The van der Waals surface area contributed by atoms with Gasteiger partial charge in [0, 0.05) is 22.4 Å². The summed E-state index contributed by atoms with van der Waals surface area (Å²) in [5.74, 6) is 0.888. The number of benzene rings is 1. The second-order valence-electron chi connectivity index (χ2n) is 3.73. The molecule has 92 valence electrons. The second kappa shape index (κ2) is 5.69. The van der Waals surface area contributed by atoms with E-state index in [1.807, 2.05) is 0 Å². The van der Waals surface area contributed by atoms with Gasteiger partial charge in [-0.1, -0.05) is 12.0 Å². The molecule has 0 aliphatic carbocycles. The largest absolute Gasteiger partial charge is 0.478 e. The Balaban J connectivity index is 2.92. The molecule has 0 atom stereocenters. The fourth-order valence-corrected chi connectivity index (χ4v) is 1.24. The predicted molar refractivity (Wildman–Crippen MR) is 69.0 cm³/mol. The van der Waals surface area contributed by atoms with E-state index >= 15 is 0 Å². The predicted octanol–water partition coefficient (Wildman–Crippen LogP) is 2.03. The number of nitrogens with one attached hydrogen (secondary N) is 1. The van der Waals surface area contributed by atoms with Gasteiger partial charge in [-0.2, -0.15) is 0 Å². The van der Waals surface area contributed by atoms with Crippen LogP contribution in [-0.2, 0) is 9.59 Å². The van der Waals surface area contributed by atoms with E-state index in [1.165, 1.54) is 13.8 Å². The number of terminal acetylenes is 1. The fourth-order valence-electron chi connectivity index (χ4n) is 1.24. The maximum atomic E-state index is 11.8. The number of carbonyl (C=O) groups excluding carboxylic acids is 1. The molecule has 0 aliphatic heterocycles. The third kappa shape index (κ3) is 3.22. The van der Waals surface area contributed by atoms with E-state index in [2.05, 4.69) is 11.2 Å². The number of hydrogen-bond donors (Lipinski definition) is 2. The van der Waals surface area contributed by atoms with E-state index in [4.69, 9.17) is 11.5 Å². The van der Waals surface area contributed by atoms with Crippen LogP contribution in [0.2, 0.25) is 0 Å². The van der Waals surface area contributed by atoms with Gasteiger partial charge in [-0.25, -0.2) is 4.79 Å². The molecule has 0 saturated heterocycles. The Morgan fingerprint density at radius 3 is 2.50 bits per heavy atom. The normalized spacial score (nSPS) is 11.2. The Morgan fingerprint density at radius 2 is 1.94 bits per heavy atom. The third-order valence-corrected chi connectivity index (χ3v) is 2.51. The number of anilines is 1. The maximum Gasteiger partial charge on any atom is 0.331 e. The summed E-state index contributed by atoms with van der Waals surface area (Å²) in [6.07, 6.45) is 5.25. The molecule has 1 aromatic carbocycles. The molecule has 1 rings (SSSR count). The lowest BCUT2D eigenvalue weighted by atomic mass is 10.1. The molecule has 0 fully saturated rings. The molecule has 0 heterocycles. The van der Waals surface area contributed by atoms with Crippen molar-refractivity contribution in [2.24, 2.45) is 0 Å². The molecule has 0 radical (unpaired) electrons. The van der Waals surface area contributed by atoms with Crippen molar-refractivity contribution in [2.75, 3.05) is 5.32 Å². The van der Waals surface area contributed by atoms with Crippen molar-refractivity contribution in [1.29, 1.82) is 0 Å². The molecule has 4 nitrogen and oxygen atoms in total. The lowest BCUT2D eigenvalue weighted by molar-refractivity contribution is -0.133. The van der Waals surface area contributed by atoms with E-state index in [0.717, 1.165) is 0 Å². The Morgan fingerprint density at radius 1 is 1.28 bits per heavy atom. The first kappa shape index (κ1) is 13.5. The van der Waals surface area contributed by atoms with Crippen LogP contribution in [0.5, 0.6) is 0 Å². The van der Waals surface area contributed by atoms with Gasteiger partial charge >= 0.3 is 5.97 Å². The molecule has 4 heteroatoms. The highest BCUT2D eigenvalue weighted by molar-refractivity contribution is 6.08. The molecule has 0 saturated carbocycles. The van der Waals surface area contributed by atoms with Gasteiger partial charge in [0.05, 0.1) is 0 Å². The number of rotatable bonds is 3. The summed E-state index contributed by atoms with van der Waals surface area (Å²) in [5.41, 5.74) is 1.35. The summed E-state index contributed by atoms with van der Waals surface area (Å²) in [6, 6.07) is 6.78. The first-order valence-electron chi connectivity index (χ1n) is 5.24. The van der Waals surface area contributed by atoms with Crippen molar-refractivity contribution in [1.82, 2.24) is 0 Å². The van der Waals surface area contributed by atoms with Crippen LogP contribution in [0.4, 0.5) is 5.69 Å². The van der Waals surface area contributed by atoms with E-state index < -0.39 is 11.9 Å². The molecular formula is C14H13NO3. The zero-order chi connectivity index (χ0) is 13.7. The molecule has 1 amide bonds. The van der Waals surface area contributed by atoms with Crippen LogP contribution in [0.25, 0.3) is 0 Å². The van der Waals surface area contributed by atoms with Crippen molar-refractivity contribution in [3.63, 3.8) is 0 Å². The highest BCUT2D eigenvalue weighted by Crippen LogP contribution is 2.12. The minimum Gasteiger partial charge on any atom is -0.478 e. The van der Waals surface area contributed by atoms with Gasteiger partial charge in [-0.3, -0.25) is 4.79 Å². The van der Waals surface area contributed by atoms with Crippen molar-refractivity contribution < 1.29 is 14.7 Å². The van der Waals surface area contributed by atoms with Gasteiger partial charge in [0.2, 0.25) is 0 Å². The number of aliphatic carboxylic acids is 1. The van der Waals surface area contributed by atoms with Crippen LogP contribution in [0.15, 0.2) is 35.4 Å². The van der Waals surface area contributed by atoms with Crippen LogP contribution >= 0.6 is 0 Å². The Hall–Kier alpha value is -2.54. The molecule has 0 aliphatic rings. The van der Waals surface area contributed by atoms with Gasteiger partial charge < -0.3 is 10.4 Å². The Kier molecular flexibility index (Phi) is 4.27. The summed E-state index contributed by atoms with van der Waals surface area (Å²) in [6.45, 7) is 2.85. The minimum absolute atomic E-state index is 0.0144. The zero-order valence-electron chi connectivity index (χ0n) is 10.2. The quantitative estimate of drug-likeness (QED) is 0.630. The van der Waals surface area contributed by atoms with Gasteiger partial charge in [0.15, 0.2) is 0 Å². The highest BCUT2D eigenvalue weighted by Gasteiger charge is 2.12. The number of carboxylic acids is 1. The summed E-state index contributed by atoms with van der Waals surface area (Å²) in [7, 11) is 0. The molecule has 1 aromatic rings. The van der Waals surface area contributed by atoms with E-state index in [-0.39, 0.29) is 11.1 Å². The minimum atomic E-state index is -1.11. The molecule has 0 spiro atoms. The average molecular weight is 243 g/mol. The van der Waals surface area contributed by atoms with Crippen LogP contribution in [0, 0.1) is 12.3 Å². The monoisotopic (exact) mass is 243 g/mol. The first-order chi connectivity index (χ1) is 8.45. The fraction of sp³-hybridized carbons (Fsp3) is 0.143. The highest BCUT2D eigenvalue weighted by atomic mass is 16.4. The SMILES string of the molecule is C#Cc1cccc(NC(=O)C(C)=C(C)C(=O)O)c1. The zero-order valence-corrected chi connectivity index (χ0v) is 10.2. The lowest BCUT2D eigenvalue weighted by Gasteiger charge is -2.07. The van der Waals surface area contributed by atoms with Crippen LogP contribution in [-0.4, -0.2) is 17.0 Å². The summed E-state index contributed by atoms with van der Waals surface area (Å²) >= 11 is 0. The smallest absolute Gasteiger partial charge is 0.331 e. The molecule has 2 N–H and O–H groups in total. The van der Waals surface area contributed by atoms with Gasteiger partial charge in [-0.05, 0) is 32.0 Å². The molecule has 0 aromatic heterocycles. The van der Waals surface area contributed by atoms with Crippen molar-refractivity contribution in [3.05, 3.63) is 41.0 Å². The van der Waals surface area contributed by atoms with E-state index in [9.17, 15) is 9.59 Å². The Labute approximate surface area is 105 Å². The van der Waals surface area contributed by atoms with E-state index in [1.54, 1.807) is 24.3 Å². The first-order valence-corrected chi connectivity index (χ1v) is 5.24. The third-order valence-electron chi connectivity index (χ3n) is 2.51. The summed E-state index contributed by atoms with van der Waals surface area (Å²) < 4.78 is 0. The summed E-state index contributed by atoms with van der Waals surface area (Å²) in [4.78, 5) is 22.5. The topological polar surface area (TPSA) is 66.4 Å². The average Bonchev–Trinajstić information content (AvgIpc) is 2.36. The van der Waals surface area contributed by atoms with Crippen LogP contribution in [0.3, 0.4) is 0 Å². The van der Waals surface area contributed by atoms with Crippen molar-refractivity contribution in [2.45, 2.75) is 13.8 Å². The Bertz CT molecular complexity index is 565. The van der Waals surface area contributed by atoms with Crippen LogP contribution < -0.4 is 5.32 Å². The van der Waals surface area contributed by atoms with Gasteiger partial charge in [-0.15, -0.1) is 6.42 Å². The molecule has 0 unspecified atom stereocenters. The second-order valence-corrected chi connectivity index (χ2v) is 3.73.